The van der Waals surface area contributed by atoms with Gasteiger partial charge in [-0.15, -0.1) is 0 Å². The fraction of sp³-hybridized carbons (Fsp3) is 0.667. The van der Waals surface area contributed by atoms with E-state index in [1.165, 1.54) is 0 Å². The summed E-state index contributed by atoms with van der Waals surface area (Å²) in [5.74, 6) is 0.958. The maximum Gasteiger partial charge on any atom is 0.220 e. The van der Waals surface area contributed by atoms with Gasteiger partial charge in [-0.3, -0.25) is 4.79 Å². The quantitative estimate of drug-likeness (QED) is 0.518. The van der Waals surface area contributed by atoms with Gasteiger partial charge in [0, 0.05) is 12.5 Å². The summed E-state index contributed by atoms with van der Waals surface area (Å²) < 4.78 is 0. The van der Waals surface area contributed by atoms with Crippen molar-refractivity contribution < 1.29 is 4.79 Å². The predicted octanol–water partition coefficient (Wildman–Crippen LogP) is 1.23. The topological polar surface area (TPSA) is 29.1 Å². The highest BCUT2D eigenvalue weighted by Crippen LogP contribution is 2.26. The highest BCUT2D eigenvalue weighted by atomic mass is 16.1. The Morgan fingerprint density at radius 1 is 1.36 bits per heavy atom. The number of carbonyl (C=O) groups is 1. The average Bonchev–Trinajstić information content (AvgIpc) is 2.04. The SMILES string of the molecule is O=C1CCC2CC=CCC2N1. The summed E-state index contributed by atoms with van der Waals surface area (Å²) in [6, 6.07) is 0.446. The van der Waals surface area contributed by atoms with Crippen LogP contribution in [-0.2, 0) is 4.79 Å². The number of piperidine rings is 1. The summed E-state index contributed by atoms with van der Waals surface area (Å²) in [6.07, 6.45) is 8.42. The van der Waals surface area contributed by atoms with Crippen molar-refractivity contribution in [3.63, 3.8) is 0 Å². The summed E-state index contributed by atoms with van der Waals surface area (Å²) in [5.41, 5.74) is 0. The molecule has 0 aromatic heterocycles. The Kier molecular flexibility index (Phi) is 1.68. The highest BCUT2D eigenvalue weighted by Gasteiger charge is 2.28. The molecule has 1 saturated heterocycles. The summed E-state index contributed by atoms with van der Waals surface area (Å²) in [7, 11) is 0. The molecule has 2 aliphatic rings. The molecule has 1 fully saturated rings. The van der Waals surface area contributed by atoms with Gasteiger partial charge >= 0.3 is 0 Å². The van der Waals surface area contributed by atoms with E-state index in [9.17, 15) is 4.79 Å². The van der Waals surface area contributed by atoms with E-state index in [1.807, 2.05) is 0 Å². The van der Waals surface area contributed by atoms with Crippen LogP contribution >= 0.6 is 0 Å². The molecule has 1 aliphatic heterocycles. The van der Waals surface area contributed by atoms with E-state index in [2.05, 4.69) is 17.5 Å². The maximum absolute atomic E-state index is 11.0. The van der Waals surface area contributed by atoms with Crippen LogP contribution in [0.5, 0.6) is 0 Å². The van der Waals surface area contributed by atoms with Gasteiger partial charge in [-0.05, 0) is 25.2 Å². The van der Waals surface area contributed by atoms with Crippen LogP contribution in [-0.4, -0.2) is 11.9 Å². The van der Waals surface area contributed by atoms with Crippen molar-refractivity contribution in [2.24, 2.45) is 5.92 Å². The van der Waals surface area contributed by atoms with Gasteiger partial charge in [-0.25, -0.2) is 0 Å². The largest absolute Gasteiger partial charge is 0.353 e. The van der Waals surface area contributed by atoms with E-state index < -0.39 is 0 Å². The van der Waals surface area contributed by atoms with Crippen LogP contribution in [0.15, 0.2) is 12.2 Å². The lowest BCUT2D eigenvalue weighted by Gasteiger charge is -2.33. The Hall–Kier alpha value is -0.790. The van der Waals surface area contributed by atoms with Gasteiger partial charge in [-0.2, -0.15) is 0 Å². The standard InChI is InChI=1S/C9H13NO/c11-9-6-5-7-3-1-2-4-8(7)10-9/h1-2,7-8H,3-6H2,(H,10,11). The lowest BCUT2D eigenvalue weighted by Crippen LogP contribution is -2.45. The minimum Gasteiger partial charge on any atom is -0.353 e. The Morgan fingerprint density at radius 3 is 3.09 bits per heavy atom. The monoisotopic (exact) mass is 151 g/mol. The van der Waals surface area contributed by atoms with Crippen LogP contribution in [0.4, 0.5) is 0 Å². The van der Waals surface area contributed by atoms with Crippen molar-refractivity contribution >= 4 is 5.91 Å². The number of hydrogen-bond donors (Lipinski definition) is 1. The lowest BCUT2D eigenvalue weighted by atomic mass is 9.83. The zero-order valence-corrected chi connectivity index (χ0v) is 6.55. The van der Waals surface area contributed by atoms with E-state index >= 15 is 0 Å². The molecule has 0 aromatic carbocycles. The number of hydrogen-bond acceptors (Lipinski definition) is 1. The van der Waals surface area contributed by atoms with Gasteiger partial charge in [0.2, 0.25) is 5.91 Å². The second-order valence-electron chi connectivity index (χ2n) is 3.42. The maximum atomic E-state index is 11.0. The first-order valence-corrected chi connectivity index (χ1v) is 4.30. The molecule has 60 valence electrons. The molecular formula is C9H13NO. The first kappa shape index (κ1) is 6.89. The third kappa shape index (κ3) is 1.30. The summed E-state index contributed by atoms with van der Waals surface area (Å²) in [4.78, 5) is 11.0. The second-order valence-corrected chi connectivity index (χ2v) is 3.42. The minimum absolute atomic E-state index is 0.238. The normalized spacial score (nSPS) is 36.2. The number of amides is 1. The average molecular weight is 151 g/mol. The van der Waals surface area contributed by atoms with Crippen molar-refractivity contribution in [2.45, 2.75) is 31.7 Å². The number of fused-ring (bicyclic) bond motifs is 1. The Labute approximate surface area is 66.7 Å². The van der Waals surface area contributed by atoms with E-state index in [4.69, 9.17) is 0 Å². The molecule has 0 spiro atoms. The first-order chi connectivity index (χ1) is 5.36. The van der Waals surface area contributed by atoms with Crippen molar-refractivity contribution in [2.75, 3.05) is 0 Å². The van der Waals surface area contributed by atoms with E-state index in [1.54, 1.807) is 0 Å². The molecule has 1 aliphatic carbocycles. The van der Waals surface area contributed by atoms with Gasteiger partial charge in [0.1, 0.15) is 0 Å². The molecule has 1 N–H and O–H groups in total. The zero-order chi connectivity index (χ0) is 7.68. The lowest BCUT2D eigenvalue weighted by molar-refractivity contribution is -0.124. The second kappa shape index (κ2) is 2.68. The third-order valence-electron chi connectivity index (χ3n) is 2.65. The highest BCUT2D eigenvalue weighted by molar-refractivity contribution is 5.77. The van der Waals surface area contributed by atoms with Crippen molar-refractivity contribution in [1.29, 1.82) is 0 Å². The number of carbonyl (C=O) groups excluding carboxylic acids is 1. The van der Waals surface area contributed by atoms with Crippen molar-refractivity contribution in [3.05, 3.63) is 12.2 Å². The number of nitrogens with one attached hydrogen (secondary N) is 1. The fourth-order valence-corrected chi connectivity index (χ4v) is 1.96. The summed E-state index contributed by atoms with van der Waals surface area (Å²) in [5, 5.41) is 3.03. The molecule has 2 rings (SSSR count). The molecule has 1 amide bonds. The Morgan fingerprint density at radius 2 is 2.18 bits per heavy atom. The van der Waals surface area contributed by atoms with Gasteiger partial charge in [0.15, 0.2) is 0 Å². The predicted molar refractivity (Wildman–Crippen MR) is 43.0 cm³/mol. The molecule has 0 radical (unpaired) electrons. The first-order valence-electron chi connectivity index (χ1n) is 4.30. The minimum atomic E-state index is 0.238. The van der Waals surface area contributed by atoms with Crippen LogP contribution < -0.4 is 5.32 Å². The summed E-state index contributed by atoms with van der Waals surface area (Å²) >= 11 is 0. The molecule has 1 heterocycles. The van der Waals surface area contributed by atoms with Crippen LogP contribution in [0.25, 0.3) is 0 Å². The molecule has 2 atom stereocenters. The van der Waals surface area contributed by atoms with Crippen molar-refractivity contribution in [1.82, 2.24) is 5.32 Å². The smallest absolute Gasteiger partial charge is 0.220 e. The molecular weight excluding hydrogens is 138 g/mol. The van der Waals surface area contributed by atoms with E-state index in [0.29, 0.717) is 6.04 Å². The molecule has 0 saturated carbocycles. The van der Waals surface area contributed by atoms with Crippen LogP contribution in [0.1, 0.15) is 25.7 Å². The Balaban J connectivity index is 2.06. The van der Waals surface area contributed by atoms with Gasteiger partial charge in [0.05, 0.1) is 0 Å². The van der Waals surface area contributed by atoms with Gasteiger partial charge in [-0.1, -0.05) is 12.2 Å². The van der Waals surface area contributed by atoms with E-state index in [0.717, 1.165) is 31.6 Å². The summed E-state index contributed by atoms with van der Waals surface area (Å²) in [6.45, 7) is 0. The van der Waals surface area contributed by atoms with Gasteiger partial charge in [0.25, 0.3) is 0 Å². The van der Waals surface area contributed by atoms with Crippen LogP contribution in [0.2, 0.25) is 0 Å². The van der Waals surface area contributed by atoms with Gasteiger partial charge < -0.3 is 5.32 Å². The fourth-order valence-electron chi connectivity index (χ4n) is 1.96. The molecule has 2 unspecified atom stereocenters. The van der Waals surface area contributed by atoms with E-state index in [-0.39, 0.29) is 5.91 Å². The van der Waals surface area contributed by atoms with Crippen LogP contribution in [0, 0.1) is 5.92 Å². The molecule has 2 heteroatoms. The van der Waals surface area contributed by atoms with Crippen LogP contribution in [0.3, 0.4) is 0 Å². The number of rotatable bonds is 0. The Bertz CT molecular complexity index is 198. The van der Waals surface area contributed by atoms with Crippen molar-refractivity contribution in [3.8, 4) is 0 Å². The third-order valence-corrected chi connectivity index (χ3v) is 2.65. The molecule has 2 nitrogen and oxygen atoms in total. The number of allylic oxidation sites excluding steroid dienone is 1. The zero-order valence-electron chi connectivity index (χ0n) is 6.55. The molecule has 0 aromatic rings. The molecule has 11 heavy (non-hydrogen) atoms. The molecule has 0 bridgehead atoms.